The van der Waals surface area contributed by atoms with Crippen LogP contribution in [0.25, 0.3) is 22.4 Å². The van der Waals surface area contributed by atoms with Crippen molar-refractivity contribution in [3.63, 3.8) is 0 Å². The van der Waals surface area contributed by atoms with Gasteiger partial charge in [-0.05, 0) is 36.8 Å². The predicted octanol–water partition coefficient (Wildman–Crippen LogP) is 1.39. The highest BCUT2D eigenvalue weighted by Gasteiger charge is 2.29. The molecule has 4 heterocycles. The monoisotopic (exact) mass is 463 g/mol. The summed E-state index contributed by atoms with van der Waals surface area (Å²) in [7, 11) is 0. The minimum atomic E-state index is -0.870. The molecule has 1 aliphatic heterocycles. The van der Waals surface area contributed by atoms with Gasteiger partial charge in [-0.25, -0.2) is 4.98 Å². The van der Waals surface area contributed by atoms with Gasteiger partial charge in [0.05, 0.1) is 30.3 Å². The number of aliphatic hydroxyl groups is 1. The van der Waals surface area contributed by atoms with Crippen molar-refractivity contribution in [1.29, 1.82) is 0 Å². The number of morpholine rings is 1. The summed E-state index contributed by atoms with van der Waals surface area (Å²) < 4.78 is 10.6. The maximum absolute atomic E-state index is 13.2. The van der Waals surface area contributed by atoms with Gasteiger partial charge in [0.15, 0.2) is 0 Å². The number of hydrogen-bond acceptors (Lipinski definition) is 9. The molecular weight excluding hydrogens is 438 g/mol. The first kappa shape index (κ1) is 22.1. The second-order valence-corrected chi connectivity index (χ2v) is 8.07. The molecule has 0 bridgehead atoms. The summed E-state index contributed by atoms with van der Waals surface area (Å²) in [6, 6.07) is 8.49. The van der Waals surface area contributed by atoms with Gasteiger partial charge < -0.3 is 24.6 Å². The molecule has 11 nitrogen and oxygen atoms in total. The Balaban J connectivity index is 1.33. The van der Waals surface area contributed by atoms with Crippen LogP contribution in [0.15, 0.2) is 53.5 Å². The summed E-state index contributed by atoms with van der Waals surface area (Å²) in [6.07, 6.45) is 4.67. The van der Waals surface area contributed by atoms with Crippen LogP contribution in [-0.2, 0) is 11.2 Å². The molecule has 2 unspecified atom stereocenters. The quantitative estimate of drug-likeness (QED) is 0.353. The number of carbonyl (C=O) groups is 1. The van der Waals surface area contributed by atoms with Gasteiger partial charge in [-0.1, -0.05) is 0 Å². The number of aromatic amines is 1. The largest absolute Gasteiger partial charge is 0.428 e. The zero-order valence-corrected chi connectivity index (χ0v) is 18.4. The molecule has 1 aliphatic rings. The van der Waals surface area contributed by atoms with Gasteiger partial charge in [0, 0.05) is 43.0 Å². The van der Waals surface area contributed by atoms with Crippen molar-refractivity contribution in [3.05, 3.63) is 60.6 Å². The number of H-pyrrole nitrogens is 1. The highest BCUT2D eigenvalue weighted by atomic mass is 16.5. The van der Waals surface area contributed by atoms with Crippen molar-refractivity contribution in [2.24, 2.45) is 0 Å². The topological polar surface area (TPSA) is 142 Å². The highest BCUT2D eigenvalue weighted by Crippen LogP contribution is 2.21. The molecule has 1 fully saturated rings. The molecule has 34 heavy (non-hydrogen) atoms. The number of carbonyl (C=O) groups excluding carboxylic acids is 1. The smallest absolute Gasteiger partial charge is 0.251 e. The summed E-state index contributed by atoms with van der Waals surface area (Å²) in [5, 5.41) is 21.6. The first-order valence-electron chi connectivity index (χ1n) is 11.1. The van der Waals surface area contributed by atoms with E-state index in [1.807, 2.05) is 17.0 Å². The van der Waals surface area contributed by atoms with E-state index in [2.05, 4.69) is 30.5 Å². The normalized spacial score (nSPS) is 16.4. The first-order chi connectivity index (χ1) is 16.7. The number of nitrogens with one attached hydrogen (secondary N) is 2. The summed E-state index contributed by atoms with van der Waals surface area (Å²) in [5.74, 6) is 0.871. The molecule has 3 aromatic heterocycles. The zero-order chi connectivity index (χ0) is 23.3. The summed E-state index contributed by atoms with van der Waals surface area (Å²) in [4.78, 5) is 27.0. The molecular formula is C23H25N7O4. The standard InChI is InChI=1S/C23H25N7O4/c31-22(16-1-2-17-19(13-16)27-21(26-17)15-5-7-24-8-6-15)28-18(3-4-20-29-25-14-34-20)23(32)30-9-11-33-12-10-30/h1-2,5-8,13-14,18,23,32H,3-4,9-12H2,(H,26,27)(H,28,31). The number of amides is 1. The molecule has 5 rings (SSSR count). The van der Waals surface area contributed by atoms with Crippen molar-refractivity contribution in [1.82, 2.24) is 35.4 Å². The molecule has 1 aromatic carbocycles. The van der Waals surface area contributed by atoms with Crippen molar-refractivity contribution in [3.8, 4) is 11.4 Å². The van der Waals surface area contributed by atoms with Gasteiger partial charge in [0.2, 0.25) is 12.3 Å². The van der Waals surface area contributed by atoms with Crippen LogP contribution < -0.4 is 5.32 Å². The number of nitrogens with zero attached hydrogens (tertiary/aromatic N) is 5. The number of imidazole rings is 1. The molecule has 0 saturated carbocycles. The number of benzene rings is 1. The number of rotatable bonds is 8. The fourth-order valence-corrected chi connectivity index (χ4v) is 4.03. The van der Waals surface area contributed by atoms with Crippen molar-refractivity contribution in [2.45, 2.75) is 25.1 Å². The van der Waals surface area contributed by atoms with Gasteiger partial charge >= 0.3 is 0 Å². The number of ether oxygens (including phenoxy) is 1. The number of aromatic nitrogens is 5. The van der Waals surface area contributed by atoms with Gasteiger partial charge in [0.25, 0.3) is 5.91 Å². The summed E-state index contributed by atoms with van der Waals surface area (Å²) in [5.41, 5.74) is 2.88. The van der Waals surface area contributed by atoms with Crippen molar-refractivity contribution < 1.29 is 19.1 Å². The van der Waals surface area contributed by atoms with Crippen LogP contribution in [0.5, 0.6) is 0 Å². The van der Waals surface area contributed by atoms with E-state index in [-0.39, 0.29) is 5.91 Å². The summed E-state index contributed by atoms with van der Waals surface area (Å²) >= 11 is 0. The lowest BCUT2D eigenvalue weighted by Gasteiger charge is -2.35. The van der Waals surface area contributed by atoms with Crippen LogP contribution >= 0.6 is 0 Å². The van der Waals surface area contributed by atoms with Crippen LogP contribution in [-0.4, -0.2) is 79.6 Å². The van der Waals surface area contributed by atoms with Gasteiger partial charge in [-0.3, -0.25) is 14.7 Å². The molecule has 0 aliphatic carbocycles. The van der Waals surface area contributed by atoms with E-state index in [1.54, 1.807) is 30.6 Å². The first-order valence-corrected chi connectivity index (χ1v) is 11.1. The third-order valence-corrected chi connectivity index (χ3v) is 5.87. The second kappa shape index (κ2) is 10.1. The molecule has 1 saturated heterocycles. The molecule has 11 heteroatoms. The lowest BCUT2D eigenvalue weighted by atomic mass is 10.1. The van der Waals surface area contributed by atoms with E-state index in [0.29, 0.717) is 56.4 Å². The predicted molar refractivity (Wildman–Crippen MR) is 122 cm³/mol. The summed E-state index contributed by atoms with van der Waals surface area (Å²) in [6.45, 7) is 2.26. The number of hydrogen-bond donors (Lipinski definition) is 3. The van der Waals surface area contributed by atoms with Gasteiger partial charge in [0.1, 0.15) is 12.1 Å². The Bertz CT molecular complexity index is 1220. The molecule has 176 valence electrons. The molecule has 1 amide bonds. The zero-order valence-electron chi connectivity index (χ0n) is 18.4. The van der Waals surface area contributed by atoms with Gasteiger partial charge in [-0.15, -0.1) is 10.2 Å². The van der Waals surface area contributed by atoms with Crippen LogP contribution in [0, 0.1) is 0 Å². The molecule has 0 radical (unpaired) electrons. The minimum Gasteiger partial charge on any atom is -0.428 e. The van der Waals surface area contributed by atoms with E-state index in [0.717, 1.165) is 16.6 Å². The Morgan fingerprint density at radius 1 is 1.21 bits per heavy atom. The second-order valence-electron chi connectivity index (χ2n) is 8.07. The van der Waals surface area contributed by atoms with Crippen LogP contribution in [0.3, 0.4) is 0 Å². The number of aliphatic hydroxyl groups excluding tert-OH is 1. The van der Waals surface area contributed by atoms with Gasteiger partial charge in [-0.2, -0.15) is 0 Å². The van der Waals surface area contributed by atoms with E-state index in [9.17, 15) is 9.90 Å². The average Bonchev–Trinajstić information content (AvgIpc) is 3.56. The number of fused-ring (bicyclic) bond motifs is 1. The lowest BCUT2D eigenvalue weighted by Crippen LogP contribution is -2.54. The molecule has 3 N–H and O–H groups in total. The number of pyridine rings is 1. The molecule has 4 aromatic rings. The highest BCUT2D eigenvalue weighted by molar-refractivity contribution is 5.97. The fraction of sp³-hybridized carbons (Fsp3) is 0.348. The molecule has 2 atom stereocenters. The van der Waals surface area contributed by atoms with Crippen molar-refractivity contribution >= 4 is 16.9 Å². The third kappa shape index (κ3) is 4.96. The molecule has 0 spiro atoms. The van der Waals surface area contributed by atoms with E-state index < -0.39 is 12.3 Å². The Labute approximate surface area is 195 Å². The third-order valence-electron chi connectivity index (χ3n) is 5.87. The maximum atomic E-state index is 13.2. The SMILES string of the molecule is O=C(NC(CCc1nnco1)C(O)N1CCOCC1)c1ccc2nc(-c3ccncc3)[nH]c2c1. The van der Waals surface area contributed by atoms with E-state index in [1.165, 1.54) is 6.39 Å². The van der Waals surface area contributed by atoms with E-state index >= 15 is 0 Å². The Morgan fingerprint density at radius 3 is 2.79 bits per heavy atom. The maximum Gasteiger partial charge on any atom is 0.251 e. The Hall–Kier alpha value is -3.67. The van der Waals surface area contributed by atoms with E-state index in [4.69, 9.17) is 9.15 Å². The minimum absolute atomic E-state index is 0.287. The average molecular weight is 463 g/mol. The lowest BCUT2D eigenvalue weighted by molar-refractivity contribution is -0.0744. The Morgan fingerprint density at radius 2 is 2.03 bits per heavy atom. The van der Waals surface area contributed by atoms with Crippen LogP contribution in [0.4, 0.5) is 0 Å². The van der Waals surface area contributed by atoms with Crippen molar-refractivity contribution in [2.75, 3.05) is 26.3 Å². The fourth-order valence-electron chi connectivity index (χ4n) is 4.03. The number of aryl methyl sites for hydroxylation is 1. The van der Waals surface area contributed by atoms with Crippen LogP contribution in [0.2, 0.25) is 0 Å². The Kier molecular flexibility index (Phi) is 6.56. The van der Waals surface area contributed by atoms with Crippen LogP contribution in [0.1, 0.15) is 22.7 Å².